The van der Waals surface area contributed by atoms with Crippen LogP contribution in [0.2, 0.25) is 0 Å². The molecule has 5 nitrogen and oxygen atoms in total. The van der Waals surface area contributed by atoms with Gasteiger partial charge in [0.2, 0.25) is 0 Å². The van der Waals surface area contributed by atoms with Gasteiger partial charge in [-0.3, -0.25) is 5.14 Å². The number of nitrogens with zero attached hydrogens (tertiary/aromatic N) is 1. The van der Waals surface area contributed by atoms with Crippen LogP contribution in [0.4, 0.5) is 5.69 Å². The van der Waals surface area contributed by atoms with E-state index >= 15 is 0 Å². The highest BCUT2D eigenvalue weighted by atomic mass is 32.2. The van der Waals surface area contributed by atoms with Crippen molar-refractivity contribution in [3.8, 4) is 0 Å². The molecule has 0 spiro atoms. The fourth-order valence-corrected chi connectivity index (χ4v) is 5.25. The summed E-state index contributed by atoms with van der Waals surface area (Å²) in [5, 5.41) is 6.79. The second-order valence-electron chi connectivity index (χ2n) is 8.40. The number of aromatic nitrogens is 1. The van der Waals surface area contributed by atoms with Crippen molar-refractivity contribution in [2.24, 2.45) is 16.6 Å². The molecule has 0 fully saturated rings. The van der Waals surface area contributed by atoms with Gasteiger partial charge in [0, 0.05) is 17.1 Å². The summed E-state index contributed by atoms with van der Waals surface area (Å²) in [6, 6.07) is 2.54. The van der Waals surface area contributed by atoms with Crippen LogP contribution < -0.4 is 22.3 Å². The minimum absolute atomic E-state index is 0.127. The first kappa shape index (κ1) is 23.6. The molecule has 2 unspecified atom stereocenters. The van der Waals surface area contributed by atoms with Crippen LogP contribution in [-0.2, 0) is 24.7 Å². The van der Waals surface area contributed by atoms with E-state index in [0.717, 1.165) is 34.2 Å². The standard InChI is InChI=1S/C12H16N2.C8H14N2S2.C2H5N/c13-10-5-4-8-6-7-2-1-3-9(7)12(14)11(8)10;1-8(2,3)7-10-5-6(11-7)12(4)9;1-2-3/h6,10H,1-5,13-14H2;5H,4,9H2,1-3H3;2H,1,3H2. The third-order valence-electron chi connectivity index (χ3n) is 5.05. The zero-order valence-corrected chi connectivity index (χ0v) is 19.5. The molecule has 4 rings (SSSR count). The number of nitrogen functional groups attached to an aromatic ring is 1. The fourth-order valence-electron chi connectivity index (χ4n) is 3.68. The maximum Gasteiger partial charge on any atom is 0.0990 e. The number of anilines is 1. The molecule has 0 saturated carbocycles. The normalized spacial score (nSPS) is 17.9. The Morgan fingerprint density at radius 1 is 1.24 bits per heavy atom. The first-order chi connectivity index (χ1) is 13.6. The number of thiazole rings is 1. The van der Waals surface area contributed by atoms with E-state index in [1.807, 2.05) is 6.20 Å². The van der Waals surface area contributed by atoms with Crippen molar-refractivity contribution >= 4 is 33.6 Å². The molecule has 2 aliphatic rings. The second kappa shape index (κ2) is 9.89. The fraction of sp³-hybridized carbons (Fsp3) is 0.455. The largest absolute Gasteiger partial charge is 0.405 e. The minimum Gasteiger partial charge on any atom is -0.405 e. The molecule has 2 aliphatic carbocycles. The van der Waals surface area contributed by atoms with Crippen LogP contribution in [0.5, 0.6) is 0 Å². The Labute approximate surface area is 181 Å². The number of fused-ring (bicyclic) bond motifs is 2. The summed E-state index contributed by atoms with van der Waals surface area (Å²) in [6.45, 7) is 9.58. The van der Waals surface area contributed by atoms with Crippen LogP contribution in [0.25, 0.3) is 0 Å². The predicted octanol–water partition coefficient (Wildman–Crippen LogP) is 4.17. The van der Waals surface area contributed by atoms with E-state index in [1.165, 1.54) is 41.3 Å². The Hall–Kier alpha value is -1.67. The third kappa shape index (κ3) is 5.69. The summed E-state index contributed by atoms with van der Waals surface area (Å²) in [5.41, 5.74) is 23.5. The van der Waals surface area contributed by atoms with Gasteiger partial charge in [-0.25, -0.2) is 4.98 Å². The SMILES string of the molecule is C=CN.C=S(N)c1cnc(C(C)(C)C)s1.Nc1c2c(cc3c1C(N)CC3)CCC2. The molecule has 0 aliphatic heterocycles. The van der Waals surface area contributed by atoms with Gasteiger partial charge in [0.25, 0.3) is 0 Å². The molecule has 0 bridgehead atoms. The molecular weight excluding hydrogens is 398 g/mol. The third-order valence-corrected chi connectivity index (χ3v) is 7.78. The van der Waals surface area contributed by atoms with E-state index in [9.17, 15) is 0 Å². The molecule has 160 valence electrons. The molecule has 1 aromatic heterocycles. The molecule has 0 saturated heterocycles. The van der Waals surface area contributed by atoms with Crippen LogP contribution in [-0.4, -0.2) is 10.9 Å². The lowest BCUT2D eigenvalue weighted by Gasteiger charge is -2.13. The number of rotatable bonds is 1. The molecule has 2 aromatic rings. The summed E-state index contributed by atoms with van der Waals surface area (Å²) in [7, 11) is -0.387. The second-order valence-corrected chi connectivity index (χ2v) is 11.0. The maximum atomic E-state index is 6.20. The van der Waals surface area contributed by atoms with E-state index in [0.29, 0.717) is 0 Å². The Bertz CT molecular complexity index is 880. The van der Waals surface area contributed by atoms with Crippen molar-refractivity contribution in [1.82, 2.24) is 4.98 Å². The number of hydrogen-bond donors (Lipinski definition) is 4. The van der Waals surface area contributed by atoms with Gasteiger partial charge in [-0.1, -0.05) is 50.0 Å². The summed E-state index contributed by atoms with van der Waals surface area (Å²) in [4.78, 5) is 4.31. The number of aryl methyl sites for hydroxylation is 2. The van der Waals surface area contributed by atoms with Gasteiger partial charge < -0.3 is 17.2 Å². The van der Waals surface area contributed by atoms with Crippen molar-refractivity contribution in [2.45, 2.75) is 68.5 Å². The number of hydrogen-bond acceptors (Lipinski definition) is 6. The Morgan fingerprint density at radius 3 is 2.41 bits per heavy atom. The molecule has 2 atom stereocenters. The average Bonchev–Trinajstić information content (AvgIpc) is 3.35. The number of benzene rings is 1. The molecule has 29 heavy (non-hydrogen) atoms. The van der Waals surface area contributed by atoms with Crippen LogP contribution in [0.3, 0.4) is 0 Å². The lowest BCUT2D eigenvalue weighted by atomic mass is 9.98. The molecule has 7 heteroatoms. The predicted molar refractivity (Wildman–Crippen MR) is 130 cm³/mol. The van der Waals surface area contributed by atoms with Crippen LogP contribution >= 0.6 is 22.0 Å². The molecule has 8 N–H and O–H groups in total. The minimum atomic E-state index is -0.387. The van der Waals surface area contributed by atoms with Gasteiger partial charge in [0.15, 0.2) is 0 Å². The molecule has 0 radical (unpaired) electrons. The zero-order chi connectivity index (χ0) is 21.8. The average molecular weight is 434 g/mol. The Kier molecular flexibility index (Phi) is 8.05. The lowest BCUT2D eigenvalue weighted by molar-refractivity contribution is 0.585. The van der Waals surface area contributed by atoms with Gasteiger partial charge in [-0.2, -0.15) is 0 Å². The van der Waals surface area contributed by atoms with Gasteiger partial charge >= 0.3 is 0 Å². The summed E-state index contributed by atoms with van der Waals surface area (Å²) in [6.07, 6.45) is 8.90. The van der Waals surface area contributed by atoms with Crippen molar-refractivity contribution in [2.75, 3.05) is 5.73 Å². The molecule has 0 amide bonds. The van der Waals surface area contributed by atoms with Crippen molar-refractivity contribution in [3.63, 3.8) is 0 Å². The van der Waals surface area contributed by atoms with Crippen LogP contribution in [0, 0.1) is 0 Å². The summed E-state index contributed by atoms with van der Waals surface area (Å²) < 4.78 is 1.08. The Morgan fingerprint density at radius 2 is 1.90 bits per heavy atom. The van der Waals surface area contributed by atoms with Gasteiger partial charge in [-0.15, -0.1) is 11.3 Å². The van der Waals surface area contributed by atoms with Gasteiger partial charge in [-0.05, 0) is 60.6 Å². The molecular formula is C22H35N5S2. The highest BCUT2D eigenvalue weighted by Crippen LogP contribution is 2.40. The smallest absolute Gasteiger partial charge is 0.0990 e. The van der Waals surface area contributed by atoms with Crippen molar-refractivity contribution in [3.05, 3.63) is 52.3 Å². The van der Waals surface area contributed by atoms with E-state index < -0.39 is 0 Å². The van der Waals surface area contributed by atoms with E-state index in [-0.39, 0.29) is 22.1 Å². The van der Waals surface area contributed by atoms with Crippen molar-refractivity contribution in [1.29, 1.82) is 0 Å². The van der Waals surface area contributed by atoms with Gasteiger partial charge in [0.05, 0.1) is 15.4 Å². The quantitative estimate of drug-likeness (QED) is 0.398. The molecule has 1 aromatic carbocycles. The van der Waals surface area contributed by atoms with E-state index in [4.69, 9.17) is 16.6 Å². The summed E-state index contributed by atoms with van der Waals surface area (Å²) in [5.74, 6) is 3.78. The lowest BCUT2D eigenvalue weighted by Crippen LogP contribution is -2.10. The molecule has 1 heterocycles. The van der Waals surface area contributed by atoms with Gasteiger partial charge in [0.1, 0.15) is 0 Å². The monoisotopic (exact) mass is 433 g/mol. The van der Waals surface area contributed by atoms with Crippen LogP contribution in [0.15, 0.2) is 29.3 Å². The van der Waals surface area contributed by atoms with E-state index in [1.54, 1.807) is 11.3 Å². The highest BCUT2D eigenvalue weighted by molar-refractivity contribution is 8.13. The highest BCUT2D eigenvalue weighted by Gasteiger charge is 2.26. The number of nitrogens with two attached hydrogens (primary N) is 4. The first-order valence-corrected chi connectivity index (χ1v) is 12.1. The maximum absolute atomic E-state index is 6.20. The van der Waals surface area contributed by atoms with E-state index in [2.05, 4.69) is 50.0 Å². The first-order valence-electron chi connectivity index (χ1n) is 9.86. The van der Waals surface area contributed by atoms with Crippen molar-refractivity contribution < 1.29 is 0 Å². The van der Waals surface area contributed by atoms with Crippen LogP contribution in [0.1, 0.15) is 66.9 Å². The topological polar surface area (TPSA) is 117 Å². The Balaban J connectivity index is 0.000000185. The summed E-state index contributed by atoms with van der Waals surface area (Å²) >= 11 is 1.66. The zero-order valence-electron chi connectivity index (χ0n) is 17.8.